The quantitative estimate of drug-likeness (QED) is 0.941. The summed E-state index contributed by atoms with van der Waals surface area (Å²) in [5.41, 5.74) is 0.710. The highest BCUT2D eigenvalue weighted by atomic mass is 19.1. The van der Waals surface area contributed by atoms with Crippen LogP contribution in [0.1, 0.15) is 32.4 Å². The number of fused-ring (bicyclic) bond motifs is 1. The molecule has 2 aromatic rings. The fourth-order valence-corrected chi connectivity index (χ4v) is 3.39. The number of carbonyl (C=O) groups is 1. The third-order valence-corrected chi connectivity index (χ3v) is 4.77. The number of furan rings is 1. The summed E-state index contributed by atoms with van der Waals surface area (Å²) in [4.78, 5) is 13.5. The summed E-state index contributed by atoms with van der Waals surface area (Å²) in [6.07, 6.45) is 1.99. The van der Waals surface area contributed by atoms with Crippen molar-refractivity contribution < 1.29 is 13.6 Å². The Labute approximate surface area is 135 Å². The van der Waals surface area contributed by atoms with Crippen LogP contribution in [0, 0.1) is 11.7 Å². The smallest absolute Gasteiger partial charge is 0.219 e. The van der Waals surface area contributed by atoms with Gasteiger partial charge in [0.05, 0.1) is 6.54 Å². The number of benzene rings is 1. The third kappa shape index (κ3) is 3.55. The van der Waals surface area contributed by atoms with Crippen LogP contribution >= 0.6 is 0 Å². The fraction of sp³-hybridized carbons (Fsp3) is 0.500. The second-order valence-electron chi connectivity index (χ2n) is 6.30. The van der Waals surface area contributed by atoms with E-state index in [0.717, 1.165) is 37.1 Å². The number of halogens is 1. The number of amides is 1. The number of nitrogens with one attached hydrogen (secondary N) is 1. The van der Waals surface area contributed by atoms with Gasteiger partial charge in [-0.3, -0.25) is 4.79 Å². The lowest BCUT2D eigenvalue weighted by atomic mass is 9.90. The summed E-state index contributed by atoms with van der Waals surface area (Å²) < 4.78 is 19.0. The molecule has 124 valence electrons. The Morgan fingerprint density at radius 2 is 2.26 bits per heavy atom. The highest BCUT2D eigenvalue weighted by Crippen LogP contribution is 2.23. The van der Waals surface area contributed by atoms with Gasteiger partial charge < -0.3 is 14.6 Å². The van der Waals surface area contributed by atoms with Crippen LogP contribution in [0.4, 0.5) is 4.39 Å². The van der Waals surface area contributed by atoms with Gasteiger partial charge in [-0.2, -0.15) is 0 Å². The van der Waals surface area contributed by atoms with Crippen LogP contribution in [0.5, 0.6) is 0 Å². The Morgan fingerprint density at radius 1 is 1.43 bits per heavy atom. The summed E-state index contributed by atoms with van der Waals surface area (Å²) in [5.74, 6) is 1.17. The molecule has 1 fully saturated rings. The van der Waals surface area contributed by atoms with Gasteiger partial charge in [0, 0.05) is 31.4 Å². The first-order chi connectivity index (χ1) is 11.1. The highest BCUT2D eigenvalue weighted by Gasteiger charge is 2.28. The molecule has 1 amide bonds. The van der Waals surface area contributed by atoms with Crippen LogP contribution < -0.4 is 5.32 Å². The van der Waals surface area contributed by atoms with E-state index in [1.54, 1.807) is 13.0 Å². The van der Waals surface area contributed by atoms with Crippen molar-refractivity contribution in [2.75, 3.05) is 13.1 Å². The normalized spacial score (nSPS) is 21.8. The average molecular weight is 318 g/mol. The fourth-order valence-electron chi connectivity index (χ4n) is 3.39. The van der Waals surface area contributed by atoms with Crippen LogP contribution in [0.2, 0.25) is 0 Å². The number of rotatable bonds is 4. The number of nitrogens with zero attached hydrogens (tertiary/aromatic N) is 1. The monoisotopic (exact) mass is 318 g/mol. The van der Waals surface area contributed by atoms with Gasteiger partial charge in [-0.15, -0.1) is 0 Å². The van der Waals surface area contributed by atoms with E-state index >= 15 is 0 Å². The molecular weight excluding hydrogens is 295 g/mol. The van der Waals surface area contributed by atoms with Crippen LogP contribution in [-0.2, 0) is 11.3 Å². The molecule has 1 aliphatic heterocycles. The molecule has 0 spiro atoms. The summed E-state index contributed by atoms with van der Waals surface area (Å²) in [6.45, 7) is 6.03. The Kier molecular flexibility index (Phi) is 4.66. The van der Waals surface area contributed by atoms with Crippen LogP contribution in [-0.4, -0.2) is 29.9 Å². The maximum Gasteiger partial charge on any atom is 0.219 e. The lowest BCUT2D eigenvalue weighted by molar-refractivity contribution is -0.131. The molecule has 0 radical (unpaired) electrons. The molecule has 0 bridgehead atoms. The molecule has 5 heteroatoms. The van der Waals surface area contributed by atoms with E-state index in [9.17, 15) is 9.18 Å². The molecule has 1 aliphatic rings. The molecule has 2 heterocycles. The SMILES string of the molecule is CC[C@@H]1CN(C(C)=O)CC[C@H]1NCc1cc2cc(F)ccc2o1. The van der Waals surface area contributed by atoms with Crippen LogP contribution in [0.3, 0.4) is 0 Å². The maximum atomic E-state index is 13.2. The van der Waals surface area contributed by atoms with Gasteiger partial charge in [-0.25, -0.2) is 4.39 Å². The first-order valence-electron chi connectivity index (χ1n) is 8.23. The average Bonchev–Trinajstić information content (AvgIpc) is 2.94. The van der Waals surface area contributed by atoms with Crippen molar-refractivity contribution in [3.8, 4) is 0 Å². The minimum Gasteiger partial charge on any atom is -0.460 e. The van der Waals surface area contributed by atoms with E-state index in [1.165, 1.54) is 12.1 Å². The van der Waals surface area contributed by atoms with Gasteiger partial charge in [0.25, 0.3) is 0 Å². The zero-order valence-corrected chi connectivity index (χ0v) is 13.6. The van der Waals surface area contributed by atoms with Crippen molar-refractivity contribution >= 4 is 16.9 Å². The molecule has 3 rings (SSSR count). The predicted octanol–water partition coefficient (Wildman–Crippen LogP) is 3.31. The van der Waals surface area contributed by atoms with Crippen molar-refractivity contribution in [2.45, 2.75) is 39.3 Å². The largest absolute Gasteiger partial charge is 0.460 e. The van der Waals surface area contributed by atoms with Crippen molar-refractivity contribution in [1.29, 1.82) is 0 Å². The van der Waals surface area contributed by atoms with E-state index in [2.05, 4.69) is 12.2 Å². The third-order valence-electron chi connectivity index (χ3n) is 4.77. The Morgan fingerprint density at radius 3 is 3.00 bits per heavy atom. The minimum atomic E-state index is -0.250. The topological polar surface area (TPSA) is 45.5 Å². The summed E-state index contributed by atoms with van der Waals surface area (Å²) in [6, 6.07) is 6.82. The van der Waals surface area contributed by atoms with Gasteiger partial charge in [0.2, 0.25) is 5.91 Å². The zero-order valence-electron chi connectivity index (χ0n) is 13.6. The van der Waals surface area contributed by atoms with E-state index in [0.29, 0.717) is 24.1 Å². The standard InChI is InChI=1S/C18H23FN2O2/c1-3-13-11-21(12(2)22)7-6-17(13)20-10-16-9-14-8-15(19)4-5-18(14)23-16/h4-5,8-9,13,17,20H,3,6-7,10-11H2,1-2H3/t13-,17-/m1/s1. The van der Waals surface area contributed by atoms with Crippen LogP contribution in [0.15, 0.2) is 28.7 Å². The Bertz CT molecular complexity index is 697. The number of piperidine rings is 1. The summed E-state index contributed by atoms with van der Waals surface area (Å²) >= 11 is 0. The molecule has 2 atom stereocenters. The highest BCUT2D eigenvalue weighted by molar-refractivity contribution is 5.77. The van der Waals surface area contributed by atoms with E-state index in [4.69, 9.17) is 4.42 Å². The van der Waals surface area contributed by atoms with Crippen molar-refractivity contribution in [3.05, 3.63) is 35.8 Å². The van der Waals surface area contributed by atoms with E-state index in [1.807, 2.05) is 11.0 Å². The minimum absolute atomic E-state index is 0.154. The maximum absolute atomic E-state index is 13.2. The molecule has 0 unspecified atom stereocenters. The van der Waals surface area contributed by atoms with Crippen LogP contribution in [0.25, 0.3) is 11.0 Å². The molecule has 4 nitrogen and oxygen atoms in total. The van der Waals surface area contributed by atoms with Gasteiger partial charge in [0.1, 0.15) is 17.2 Å². The molecule has 1 aromatic carbocycles. The molecule has 0 saturated carbocycles. The van der Waals surface area contributed by atoms with E-state index in [-0.39, 0.29) is 11.7 Å². The summed E-state index contributed by atoms with van der Waals surface area (Å²) in [7, 11) is 0. The Balaban J connectivity index is 1.63. The number of likely N-dealkylation sites (tertiary alicyclic amines) is 1. The van der Waals surface area contributed by atoms with Gasteiger partial charge >= 0.3 is 0 Å². The molecular formula is C18H23FN2O2. The summed E-state index contributed by atoms with van der Waals surface area (Å²) in [5, 5.41) is 4.34. The zero-order chi connectivity index (χ0) is 16.4. The van der Waals surface area contributed by atoms with E-state index < -0.39 is 0 Å². The van der Waals surface area contributed by atoms with Gasteiger partial charge in [-0.05, 0) is 36.6 Å². The van der Waals surface area contributed by atoms with Gasteiger partial charge in [0.15, 0.2) is 0 Å². The number of carbonyl (C=O) groups excluding carboxylic acids is 1. The second kappa shape index (κ2) is 6.71. The first kappa shape index (κ1) is 16.0. The number of hydrogen-bond acceptors (Lipinski definition) is 3. The number of hydrogen-bond donors (Lipinski definition) is 1. The molecule has 1 aromatic heterocycles. The molecule has 0 aliphatic carbocycles. The lowest BCUT2D eigenvalue weighted by Gasteiger charge is -2.38. The first-order valence-corrected chi connectivity index (χ1v) is 8.23. The molecule has 1 N–H and O–H groups in total. The van der Waals surface area contributed by atoms with Gasteiger partial charge in [-0.1, -0.05) is 13.3 Å². The van der Waals surface area contributed by atoms with Crippen molar-refractivity contribution in [1.82, 2.24) is 10.2 Å². The predicted molar refractivity (Wildman–Crippen MR) is 87.5 cm³/mol. The second-order valence-corrected chi connectivity index (χ2v) is 6.30. The molecule has 23 heavy (non-hydrogen) atoms. The lowest BCUT2D eigenvalue weighted by Crippen LogP contribution is -2.50. The van der Waals surface area contributed by atoms with Crippen molar-refractivity contribution in [3.63, 3.8) is 0 Å². The Hall–Kier alpha value is -1.88. The van der Waals surface area contributed by atoms with Crippen molar-refractivity contribution in [2.24, 2.45) is 5.92 Å². The molecule has 1 saturated heterocycles.